The van der Waals surface area contributed by atoms with Crippen molar-refractivity contribution in [1.82, 2.24) is 9.55 Å². The highest BCUT2D eigenvalue weighted by Gasteiger charge is 2.14. The van der Waals surface area contributed by atoms with Crippen LogP contribution in [0.25, 0.3) is 10.9 Å². The van der Waals surface area contributed by atoms with Crippen molar-refractivity contribution in [1.29, 1.82) is 0 Å². The number of hydrogen-bond acceptors (Lipinski definition) is 4. The summed E-state index contributed by atoms with van der Waals surface area (Å²) in [5.41, 5.74) is 4.66. The van der Waals surface area contributed by atoms with Crippen LogP contribution in [0, 0.1) is 20.8 Å². The van der Waals surface area contributed by atoms with E-state index < -0.39 is 0 Å². The number of rotatable bonds is 6. The zero-order chi connectivity index (χ0) is 21.1. The van der Waals surface area contributed by atoms with Crippen LogP contribution in [0.2, 0.25) is 0 Å². The van der Waals surface area contributed by atoms with Crippen LogP contribution < -0.4 is 10.9 Å². The first-order chi connectivity index (χ1) is 13.8. The Hall–Kier alpha value is -2.12. The van der Waals surface area contributed by atoms with Gasteiger partial charge in [0.05, 0.1) is 16.7 Å². The molecule has 7 heteroatoms. The molecule has 0 bridgehead atoms. The Labute approximate surface area is 183 Å². The maximum Gasteiger partial charge on any atom is 0.262 e. The van der Waals surface area contributed by atoms with E-state index in [1.807, 2.05) is 39.8 Å². The van der Waals surface area contributed by atoms with Gasteiger partial charge in [-0.25, -0.2) is 4.98 Å². The quantitative estimate of drug-likeness (QED) is 0.393. The van der Waals surface area contributed by atoms with Crippen LogP contribution in [0.4, 0.5) is 5.69 Å². The molecule has 1 N–H and O–H groups in total. The molecule has 3 rings (SSSR count). The molecule has 1 heterocycles. The van der Waals surface area contributed by atoms with Crippen molar-refractivity contribution >= 4 is 50.2 Å². The van der Waals surface area contributed by atoms with E-state index in [0.29, 0.717) is 22.6 Å². The van der Waals surface area contributed by atoms with E-state index in [-0.39, 0.29) is 17.2 Å². The predicted octanol–water partition coefficient (Wildman–Crippen LogP) is 5.23. The Balaban J connectivity index is 1.84. The Kier molecular flexibility index (Phi) is 6.80. The molecule has 0 saturated carbocycles. The number of benzene rings is 2. The van der Waals surface area contributed by atoms with Gasteiger partial charge in [-0.2, -0.15) is 0 Å². The van der Waals surface area contributed by atoms with Crippen LogP contribution in [0.5, 0.6) is 0 Å². The van der Waals surface area contributed by atoms with Crippen molar-refractivity contribution in [2.75, 3.05) is 11.1 Å². The summed E-state index contributed by atoms with van der Waals surface area (Å²) >= 11 is 4.70. The molecule has 0 aliphatic carbocycles. The highest BCUT2D eigenvalue weighted by molar-refractivity contribution is 9.10. The molecule has 3 aromatic rings. The number of carbonyl (C=O) groups is 1. The molecule has 152 valence electrons. The summed E-state index contributed by atoms with van der Waals surface area (Å²) in [7, 11) is 0. The Morgan fingerprint density at radius 3 is 2.52 bits per heavy atom. The van der Waals surface area contributed by atoms with Gasteiger partial charge in [-0.05, 0) is 56.5 Å². The first kappa shape index (κ1) is 21.6. The van der Waals surface area contributed by atoms with Gasteiger partial charge in [0.1, 0.15) is 0 Å². The van der Waals surface area contributed by atoms with E-state index >= 15 is 0 Å². The second-order valence-corrected chi connectivity index (χ2v) is 8.98. The fourth-order valence-electron chi connectivity index (χ4n) is 3.39. The van der Waals surface area contributed by atoms with Crippen LogP contribution in [0.15, 0.2) is 44.8 Å². The van der Waals surface area contributed by atoms with E-state index in [0.717, 1.165) is 27.7 Å². The summed E-state index contributed by atoms with van der Waals surface area (Å²) in [6.45, 7) is 8.60. The number of aryl methyl sites for hydroxylation is 3. The van der Waals surface area contributed by atoms with Crippen molar-refractivity contribution in [3.63, 3.8) is 0 Å². The molecule has 1 aromatic heterocycles. The van der Waals surface area contributed by atoms with Crippen molar-refractivity contribution in [3.8, 4) is 0 Å². The number of halogens is 1. The summed E-state index contributed by atoms with van der Waals surface area (Å²) in [5, 5.41) is 4.15. The Bertz CT molecular complexity index is 1120. The molecule has 1 amide bonds. The smallest absolute Gasteiger partial charge is 0.262 e. The van der Waals surface area contributed by atoms with Gasteiger partial charge in [0.2, 0.25) is 5.91 Å². The Morgan fingerprint density at radius 2 is 1.86 bits per heavy atom. The maximum absolute atomic E-state index is 12.9. The average Bonchev–Trinajstić information content (AvgIpc) is 2.66. The number of nitrogens with zero attached hydrogens (tertiary/aromatic N) is 2. The fourth-order valence-corrected chi connectivity index (χ4v) is 4.57. The standard InChI is InChI=1S/C22H24BrN3O2S/c1-5-8-26-21(28)17-11-16(23)6-7-18(17)24-22(26)29-12-19(27)25-20-14(3)9-13(2)10-15(20)4/h6-7,9-11H,5,8,12H2,1-4H3,(H,25,27). The van der Waals surface area contributed by atoms with Crippen LogP contribution in [0.3, 0.4) is 0 Å². The minimum absolute atomic E-state index is 0.0775. The number of anilines is 1. The van der Waals surface area contributed by atoms with E-state index in [4.69, 9.17) is 0 Å². The first-order valence-corrected chi connectivity index (χ1v) is 11.3. The molecule has 0 unspecified atom stereocenters. The molecule has 5 nitrogen and oxygen atoms in total. The topological polar surface area (TPSA) is 64.0 Å². The van der Waals surface area contributed by atoms with E-state index in [1.54, 1.807) is 10.6 Å². The normalized spacial score (nSPS) is 11.1. The number of fused-ring (bicyclic) bond motifs is 1. The molecule has 0 saturated heterocycles. The van der Waals surface area contributed by atoms with Crippen molar-refractivity contribution in [2.45, 2.75) is 45.8 Å². The van der Waals surface area contributed by atoms with Gasteiger partial charge < -0.3 is 5.32 Å². The molecule has 0 aliphatic rings. The van der Waals surface area contributed by atoms with Crippen molar-refractivity contribution in [2.24, 2.45) is 0 Å². The Morgan fingerprint density at radius 1 is 1.17 bits per heavy atom. The third-order valence-corrected chi connectivity index (χ3v) is 6.07. The monoisotopic (exact) mass is 473 g/mol. The third kappa shape index (κ3) is 4.90. The number of amides is 1. The highest BCUT2D eigenvalue weighted by Crippen LogP contribution is 2.24. The lowest BCUT2D eigenvalue weighted by Crippen LogP contribution is -2.24. The van der Waals surface area contributed by atoms with E-state index in [1.165, 1.54) is 17.3 Å². The minimum Gasteiger partial charge on any atom is -0.325 e. The maximum atomic E-state index is 12.9. The fraction of sp³-hybridized carbons (Fsp3) is 0.318. The number of hydrogen-bond donors (Lipinski definition) is 1. The molecule has 0 aliphatic heterocycles. The lowest BCUT2D eigenvalue weighted by atomic mass is 10.1. The van der Waals surface area contributed by atoms with Gasteiger partial charge >= 0.3 is 0 Å². The van der Waals surface area contributed by atoms with Crippen molar-refractivity contribution in [3.05, 3.63) is 61.8 Å². The van der Waals surface area contributed by atoms with Crippen molar-refractivity contribution < 1.29 is 4.79 Å². The second kappa shape index (κ2) is 9.13. The molecule has 29 heavy (non-hydrogen) atoms. The highest BCUT2D eigenvalue weighted by atomic mass is 79.9. The van der Waals surface area contributed by atoms with Gasteiger partial charge in [-0.3, -0.25) is 14.2 Å². The molecular formula is C22H24BrN3O2S. The molecule has 0 radical (unpaired) electrons. The number of nitrogens with one attached hydrogen (secondary N) is 1. The number of aromatic nitrogens is 2. The minimum atomic E-state index is -0.113. The molecule has 2 aromatic carbocycles. The second-order valence-electron chi connectivity index (χ2n) is 7.12. The molecule has 0 spiro atoms. The van der Waals surface area contributed by atoms with Gasteiger partial charge in [0.15, 0.2) is 5.16 Å². The summed E-state index contributed by atoms with van der Waals surface area (Å²) in [4.78, 5) is 30.2. The number of carbonyl (C=O) groups excluding carboxylic acids is 1. The van der Waals surface area contributed by atoms with Gasteiger partial charge in [0, 0.05) is 16.7 Å². The van der Waals surface area contributed by atoms with E-state index in [2.05, 4.69) is 38.4 Å². The summed E-state index contributed by atoms with van der Waals surface area (Å²) in [6, 6.07) is 9.58. The molecule has 0 fully saturated rings. The van der Waals surface area contributed by atoms with Crippen LogP contribution in [0.1, 0.15) is 30.0 Å². The predicted molar refractivity (Wildman–Crippen MR) is 124 cm³/mol. The summed E-state index contributed by atoms with van der Waals surface area (Å²) in [5.74, 6) is 0.0727. The zero-order valence-corrected chi connectivity index (χ0v) is 19.4. The van der Waals surface area contributed by atoms with Gasteiger partial charge in [0.25, 0.3) is 5.56 Å². The van der Waals surface area contributed by atoms with Gasteiger partial charge in [-0.15, -0.1) is 0 Å². The number of thioether (sulfide) groups is 1. The molecule has 0 atom stereocenters. The third-order valence-electron chi connectivity index (χ3n) is 4.60. The van der Waals surface area contributed by atoms with Crippen LogP contribution in [-0.2, 0) is 11.3 Å². The van der Waals surface area contributed by atoms with Gasteiger partial charge in [-0.1, -0.05) is 52.3 Å². The first-order valence-electron chi connectivity index (χ1n) is 9.50. The summed E-state index contributed by atoms with van der Waals surface area (Å²) in [6.07, 6.45) is 0.808. The molecular weight excluding hydrogens is 450 g/mol. The average molecular weight is 474 g/mol. The largest absolute Gasteiger partial charge is 0.325 e. The van der Waals surface area contributed by atoms with Crippen LogP contribution in [-0.4, -0.2) is 21.2 Å². The lowest BCUT2D eigenvalue weighted by Gasteiger charge is -2.14. The summed E-state index contributed by atoms with van der Waals surface area (Å²) < 4.78 is 2.50. The van der Waals surface area contributed by atoms with E-state index in [9.17, 15) is 9.59 Å². The lowest BCUT2D eigenvalue weighted by molar-refractivity contribution is -0.113. The van der Waals surface area contributed by atoms with Crippen LogP contribution >= 0.6 is 27.7 Å². The zero-order valence-electron chi connectivity index (χ0n) is 17.0. The SMILES string of the molecule is CCCn1c(SCC(=O)Nc2c(C)cc(C)cc2C)nc2ccc(Br)cc2c1=O.